The number of hydrogen-bond acceptors (Lipinski definition) is 0. The zero-order valence-corrected chi connectivity index (χ0v) is 22.1. The van der Waals surface area contributed by atoms with Crippen molar-refractivity contribution in [3.63, 3.8) is 0 Å². The maximum atomic E-state index is 4.24. The van der Waals surface area contributed by atoms with Gasteiger partial charge in [0.15, 0.2) is 0 Å². The summed E-state index contributed by atoms with van der Waals surface area (Å²) in [6.45, 7) is 8.99. The smallest absolute Gasteiger partial charge is 0.103 e. The van der Waals surface area contributed by atoms with Gasteiger partial charge in [-0.3, -0.25) is 0 Å². The van der Waals surface area contributed by atoms with Crippen LogP contribution in [-0.4, -0.2) is 17.2 Å². The van der Waals surface area contributed by atoms with Crippen molar-refractivity contribution in [2.45, 2.75) is 13.1 Å². The molecule has 5 aromatic carbocycles. The fourth-order valence-corrected chi connectivity index (χ4v) is 7.02. The van der Waals surface area contributed by atoms with Gasteiger partial charge >= 0.3 is 0 Å². The summed E-state index contributed by atoms with van der Waals surface area (Å²) in [5, 5.41) is 6.49. The van der Waals surface area contributed by atoms with E-state index in [1.807, 2.05) is 0 Å². The average Bonchev–Trinajstić information content (AvgIpc) is 3.46. The molecule has 0 spiro atoms. The molecule has 2 nitrogen and oxygen atoms in total. The summed E-state index contributed by atoms with van der Waals surface area (Å²) in [5.41, 5.74) is 9.48. The van der Waals surface area contributed by atoms with Gasteiger partial charge in [-0.1, -0.05) is 96.8 Å². The van der Waals surface area contributed by atoms with Crippen LogP contribution in [0.2, 0.25) is 13.1 Å². The molecular weight excluding hydrogens is 464 g/mol. The van der Waals surface area contributed by atoms with Gasteiger partial charge < -0.3 is 9.13 Å². The van der Waals surface area contributed by atoms with Crippen molar-refractivity contribution in [2.24, 2.45) is 0 Å². The number of nitrogens with zero attached hydrogens (tertiary/aromatic N) is 2. The summed E-state index contributed by atoms with van der Waals surface area (Å²) >= 11 is 0. The van der Waals surface area contributed by atoms with E-state index in [4.69, 9.17) is 0 Å². The van der Waals surface area contributed by atoms with Crippen LogP contribution in [0.25, 0.3) is 55.0 Å². The summed E-state index contributed by atoms with van der Waals surface area (Å²) in [7, 11) is -1.87. The van der Waals surface area contributed by atoms with Gasteiger partial charge in [0, 0.05) is 32.9 Å². The number of fused-ring (bicyclic) bond motifs is 6. The van der Waals surface area contributed by atoms with Crippen molar-refractivity contribution < 1.29 is 0 Å². The molecule has 0 amide bonds. The third-order valence-electron chi connectivity index (χ3n) is 7.83. The normalized spacial score (nSPS) is 12.2. The van der Waals surface area contributed by atoms with Crippen LogP contribution >= 0.6 is 0 Å². The van der Waals surface area contributed by atoms with Crippen LogP contribution < -0.4 is 5.19 Å². The molecule has 0 radical (unpaired) electrons. The number of rotatable bonds is 4. The predicted molar refractivity (Wildman–Crippen MR) is 162 cm³/mol. The molecule has 2 aromatic heterocycles. The minimum atomic E-state index is -1.87. The van der Waals surface area contributed by atoms with Crippen LogP contribution in [0, 0.1) is 0 Å². The second kappa shape index (κ2) is 8.09. The van der Waals surface area contributed by atoms with E-state index in [-0.39, 0.29) is 0 Å². The molecule has 0 atom stereocenters. The second-order valence-electron chi connectivity index (χ2n) is 10.4. The second-order valence-corrected chi connectivity index (χ2v) is 14.8. The minimum absolute atomic E-state index is 1.19. The van der Waals surface area contributed by atoms with Crippen LogP contribution in [0.4, 0.5) is 0 Å². The molecule has 3 heteroatoms. The number of para-hydroxylation sites is 4. The molecule has 37 heavy (non-hydrogen) atoms. The Kier molecular flexibility index (Phi) is 4.79. The molecule has 0 aliphatic carbocycles. The third-order valence-corrected chi connectivity index (χ3v) is 10.6. The lowest BCUT2D eigenvalue weighted by molar-refractivity contribution is 1.14. The number of aromatic nitrogens is 2. The lowest BCUT2D eigenvalue weighted by atomic mass is 10.2. The molecule has 7 aromatic rings. The van der Waals surface area contributed by atoms with Gasteiger partial charge in [0.25, 0.3) is 0 Å². The highest BCUT2D eigenvalue weighted by Crippen LogP contribution is 2.35. The van der Waals surface area contributed by atoms with E-state index in [1.165, 1.54) is 60.2 Å². The van der Waals surface area contributed by atoms with Crippen molar-refractivity contribution in [1.29, 1.82) is 0 Å². The third kappa shape index (κ3) is 3.24. The summed E-state index contributed by atoms with van der Waals surface area (Å²) in [6.07, 6.45) is 0. The van der Waals surface area contributed by atoms with Crippen LogP contribution in [0.1, 0.15) is 0 Å². The van der Waals surface area contributed by atoms with E-state index in [9.17, 15) is 0 Å². The largest absolute Gasteiger partial charge is 0.309 e. The fourth-order valence-electron chi connectivity index (χ4n) is 5.74. The monoisotopic (exact) mass is 492 g/mol. The van der Waals surface area contributed by atoms with Gasteiger partial charge in [-0.2, -0.15) is 0 Å². The predicted octanol–water partition coefficient (Wildman–Crippen LogP) is 8.52. The Bertz CT molecular complexity index is 1750. The summed E-state index contributed by atoms with van der Waals surface area (Å²) in [6, 6.07) is 42.1. The SMILES string of the molecule is C=C[Si](C)(C)c1cc(-n2c3ccccc3c3ccccc32)cc(-n2c3ccccc3c3ccccc32)c1. The van der Waals surface area contributed by atoms with Gasteiger partial charge in [-0.15, -0.1) is 6.58 Å². The quantitative estimate of drug-likeness (QED) is 0.218. The first-order valence-corrected chi connectivity index (χ1v) is 15.9. The molecule has 0 unspecified atom stereocenters. The molecule has 0 fully saturated rings. The lowest BCUT2D eigenvalue weighted by Gasteiger charge is -2.22. The molecule has 0 bridgehead atoms. The van der Waals surface area contributed by atoms with Crippen molar-refractivity contribution in [3.8, 4) is 11.4 Å². The van der Waals surface area contributed by atoms with E-state index in [0.29, 0.717) is 0 Å². The molecule has 178 valence electrons. The highest BCUT2D eigenvalue weighted by molar-refractivity contribution is 6.93. The Morgan fingerprint density at radius 1 is 0.514 bits per heavy atom. The topological polar surface area (TPSA) is 9.86 Å². The van der Waals surface area contributed by atoms with Crippen LogP contribution in [0.15, 0.2) is 128 Å². The average molecular weight is 493 g/mol. The van der Waals surface area contributed by atoms with Crippen molar-refractivity contribution in [1.82, 2.24) is 9.13 Å². The molecule has 7 rings (SSSR count). The highest BCUT2D eigenvalue weighted by atomic mass is 28.3. The van der Waals surface area contributed by atoms with Crippen LogP contribution in [0.5, 0.6) is 0 Å². The van der Waals surface area contributed by atoms with E-state index >= 15 is 0 Å². The lowest BCUT2D eigenvalue weighted by Crippen LogP contribution is -2.39. The molecule has 0 aliphatic rings. The molecule has 0 saturated heterocycles. The summed E-state index contributed by atoms with van der Waals surface area (Å²) in [4.78, 5) is 0. The first kappa shape index (κ1) is 21.9. The Balaban J connectivity index is 1.62. The summed E-state index contributed by atoms with van der Waals surface area (Å²) < 4.78 is 4.86. The molecule has 0 N–H and O–H groups in total. The number of hydrogen-bond donors (Lipinski definition) is 0. The molecule has 0 aliphatic heterocycles. The first-order chi connectivity index (χ1) is 18.1. The van der Waals surface area contributed by atoms with Gasteiger partial charge in [0.05, 0.1) is 22.1 Å². The van der Waals surface area contributed by atoms with E-state index in [0.717, 1.165) is 0 Å². The molecule has 0 saturated carbocycles. The van der Waals surface area contributed by atoms with Gasteiger partial charge in [0.2, 0.25) is 0 Å². The van der Waals surface area contributed by atoms with E-state index < -0.39 is 8.07 Å². The minimum Gasteiger partial charge on any atom is -0.309 e. The maximum absolute atomic E-state index is 4.24. The molecule has 2 heterocycles. The van der Waals surface area contributed by atoms with E-state index in [2.05, 4.69) is 150 Å². The maximum Gasteiger partial charge on any atom is 0.103 e. The van der Waals surface area contributed by atoms with Crippen molar-refractivity contribution >= 4 is 56.9 Å². The van der Waals surface area contributed by atoms with Crippen LogP contribution in [-0.2, 0) is 0 Å². The van der Waals surface area contributed by atoms with E-state index in [1.54, 1.807) is 0 Å². The first-order valence-electron chi connectivity index (χ1n) is 12.8. The Morgan fingerprint density at radius 3 is 1.16 bits per heavy atom. The zero-order chi connectivity index (χ0) is 25.1. The van der Waals surface area contributed by atoms with Gasteiger partial charge in [-0.05, 0) is 42.5 Å². The molecular formula is C34H28N2Si. The standard InChI is InChI=1S/C34H28N2Si/c1-4-37(2,3)26-22-24(35-31-17-9-5-13-27(31)28-14-6-10-18-32(28)35)21-25(23-26)36-33-19-11-7-15-29(33)30-16-8-12-20-34(30)36/h4-23H,1H2,2-3H3. The van der Waals surface area contributed by atoms with Crippen LogP contribution in [0.3, 0.4) is 0 Å². The Morgan fingerprint density at radius 2 is 0.838 bits per heavy atom. The van der Waals surface area contributed by atoms with Crippen molar-refractivity contribution in [2.75, 3.05) is 0 Å². The fraction of sp³-hybridized carbons (Fsp3) is 0.0588. The Hall–Kier alpha value is -4.34. The summed E-state index contributed by atoms with van der Waals surface area (Å²) in [5.74, 6) is 0. The Labute approximate surface area is 217 Å². The van der Waals surface area contributed by atoms with Crippen molar-refractivity contribution in [3.05, 3.63) is 128 Å². The zero-order valence-electron chi connectivity index (χ0n) is 21.1. The number of benzene rings is 5. The van der Waals surface area contributed by atoms with Gasteiger partial charge in [0.1, 0.15) is 8.07 Å². The highest BCUT2D eigenvalue weighted by Gasteiger charge is 2.23. The van der Waals surface area contributed by atoms with Gasteiger partial charge in [-0.25, -0.2) is 0 Å².